The number of likely N-dealkylation sites (N-methyl/N-ethyl adjacent to an activating group) is 1. The molecule has 118 valence electrons. The SMILES string of the molecule is COc1ccc(N2C(=O)[C@H]3[C@H](C2=O)[C@@H]2C=C[C@H]3C(=O)N2C)cc1. The molecular weight excluding hydrogens is 296 g/mol. The number of nitrogens with zero attached hydrogens (tertiary/aromatic N) is 2. The molecule has 0 unspecified atom stereocenters. The van der Waals surface area contributed by atoms with Gasteiger partial charge in [0, 0.05) is 7.05 Å². The molecule has 0 N–H and O–H groups in total. The third kappa shape index (κ3) is 1.72. The van der Waals surface area contributed by atoms with Gasteiger partial charge in [0.25, 0.3) is 0 Å². The maximum atomic E-state index is 12.8. The van der Waals surface area contributed by atoms with Crippen molar-refractivity contribution in [3.8, 4) is 5.75 Å². The van der Waals surface area contributed by atoms with Crippen LogP contribution in [0.5, 0.6) is 5.75 Å². The van der Waals surface area contributed by atoms with Crippen LogP contribution in [0.25, 0.3) is 0 Å². The van der Waals surface area contributed by atoms with Crippen LogP contribution in [0.1, 0.15) is 0 Å². The predicted molar refractivity (Wildman–Crippen MR) is 81.7 cm³/mol. The second-order valence-electron chi connectivity index (χ2n) is 6.11. The lowest BCUT2D eigenvalue weighted by molar-refractivity contribution is -0.148. The van der Waals surface area contributed by atoms with E-state index in [9.17, 15) is 14.4 Å². The van der Waals surface area contributed by atoms with Gasteiger partial charge in [-0.25, -0.2) is 4.90 Å². The fourth-order valence-corrected chi connectivity index (χ4v) is 3.90. The topological polar surface area (TPSA) is 66.9 Å². The summed E-state index contributed by atoms with van der Waals surface area (Å²) in [7, 11) is 3.24. The minimum atomic E-state index is -0.580. The average Bonchev–Trinajstić information content (AvgIpc) is 2.84. The van der Waals surface area contributed by atoms with E-state index in [1.54, 1.807) is 49.4 Å². The summed E-state index contributed by atoms with van der Waals surface area (Å²) in [5, 5.41) is 0. The van der Waals surface area contributed by atoms with E-state index in [0.29, 0.717) is 11.4 Å². The molecule has 4 atom stereocenters. The van der Waals surface area contributed by atoms with Crippen molar-refractivity contribution in [3.63, 3.8) is 0 Å². The fraction of sp³-hybridized carbons (Fsp3) is 0.353. The number of imide groups is 1. The highest BCUT2D eigenvalue weighted by Gasteiger charge is 2.61. The number of anilines is 1. The summed E-state index contributed by atoms with van der Waals surface area (Å²) in [4.78, 5) is 40.7. The molecular formula is C17H16N2O4. The molecule has 0 aromatic heterocycles. The van der Waals surface area contributed by atoms with Crippen molar-refractivity contribution in [1.82, 2.24) is 4.90 Å². The number of hydrogen-bond acceptors (Lipinski definition) is 4. The highest BCUT2D eigenvalue weighted by atomic mass is 16.5. The molecule has 0 spiro atoms. The van der Waals surface area contributed by atoms with Crippen molar-refractivity contribution < 1.29 is 19.1 Å². The van der Waals surface area contributed by atoms with Crippen LogP contribution < -0.4 is 9.64 Å². The van der Waals surface area contributed by atoms with Crippen molar-refractivity contribution in [2.24, 2.45) is 17.8 Å². The number of carbonyl (C=O) groups excluding carboxylic acids is 3. The minimum absolute atomic E-state index is 0.0866. The van der Waals surface area contributed by atoms with Crippen LogP contribution in [0.15, 0.2) is 36.4 Å². The predicted octanol–water partition coefficient (Wildman–Crippen LogP) is 0.827. The Labute approximate surface area is 133 Å². The number of hydrogen-bond donors (Lipinski definition) is 0. The van der Waals surface area contributed by atoms with Crippen molar-refractivity contribution in [2.45, 2.75) is 6.04 Å². The van der Waals surface area contributed by atoms with Gasteiger partial charge in [-0.1, -0.05) is 12.2 Å². The molecule has 6 heteroatoms. The van der Waals surface area contributed by atoms with E-state index in [1.807, 2.05) is 6.08 Å². The van der Waals surface area contributed by atoms with Gasteiger partial charge in [0.1, 0.15) is 5.75 Å². The molecule has 23 heavy (non-hydrogen) atoms. The zero-order chi connectivity index (χ0) is 16.3. The molecule has 3 aliphatic heterocycles. The van der Waals surface area contributed by atoms with E-state index >= 15 is 0 Å². The first-order chi connectivity index (χ1) is 11.0. The Morgan fingerprint density at radius 3 is 2.22 bits per heavy atom. The first-order valence-electron chi connectivity index (χ1n) is 7.51. The van der Waals surface area contributed by atoms with Crippen LogP contribution in [-0.4, -0.2) is 42.8 Å². The number of carbonyl (C=O) groups is 3. The van der Waals surface area contributed by atoms with Gasteiger partial charge in [0.2, 0.25) is 17.7 Å². The lowest BCUT2D eigenvalue weighted by Gasteiger charge is -2.44. The van der Waals surface area contributed by atoms with Crippen LogP contribution in [0.4, 0.5) is 5.69 Å². The first kappa shape index (κ1) is 14.0. The Hall–Kier alpha value is -2.63. The number of amides is 3. The largest absolute Gasteiger partial charge is 0.497 e. The van der Waals surface area contributed by atoms with E-state index in [2.05, 4.69) is 0 Å². The maximum absolute atomic E-state index is 12.8. The summed E-state index contributed by atoms with van der Waals surface area (Å²) in [5.74, 6) is -1.55. The van der Waals surface area contributed by atoms with Crippen molar-refractivity contribution >= 4 is 23.4 Å². The number of benzene rings is 1. The maximum Gasteiger partial charge on any atom is 0.240 e. The Bertz CT molecular complexity index is 739. The third-order valence-corrected chi connectivity index (χ3v) is 5.08. The molecule has 0 radical (unpaired) electrons. The molecule has 2 fully saturated rings. The zero-order valence-corrected chi connectivity index (χ0v) is 12.8. The number of rotatable bonds is 2. The molecule has 1 aromatic carbocycles. The fourth-order valence-electron chi connectivity index (χ4n) is 3.90. The summed E-state index contributed by atoms with van der Waals surface area (Å²) in [6.07, 6.45) is 3.65. The van der Waals surface area contributed by atoms with Gasteiger partial charge < -0.3 is 9.64 Å². The van der Waals surface area contributed by atoms with E-state index in [4.69, 9.17) is 4.74 Å². The number of ether oxygens (including phenoxy) is 1. The van der Waals surface area contributed by atoms with Crippen molar-refractivity contribution in [2.75, 3.05) is 19.1 Å². The Morgan fingerprint density at radius 2 is 1.57 bits per heavy atom. The van der Waals surface area contributed by atoms with Crippen LogP contribution in [0.2, 0.25) is 0 Å². The highest BCUT2D eigenvalue weighted by molar-refractivity contribution is 6.24. The Balaban J connectivity index is 1.74. The standard InChI is InChI=1S/C17H16N2O4/c1-18-12-8-7-11(15(18)20)13-14(12)17(22)19(16(13)21)9-3-5-10(23-2)6-4-9/h3-8,11-14H,1-2H3/t11-,12+,13-,14-/m1/s1. The third-order valence-electron chi connectivity index (χ3n) is 5.08. The molecule has 5 rings (SSSR count). The molecule has 0 saturated carbocycles. The van der Waals surface area contributed by atoms with Gasteiger partial charge in [-0.05, 0) is 24.3 Å². The monoisotopic (exact) mass is 312 g/mol. The summed E-state index contributed by atoms with van der Waals surface area (Å²) < 4.78 is 5.10. The van der Waals surface area contributed by atoms with Crippen LogP contribution >= 0.6 is 0 Å². The zero-order valence-electron chi connectivity index (χ0n) is 12.8. The first-order valence-corrected chi connectivity index (χ1v) is 7.51. The minimum Gasteiger partial charge on any atom is -0.497 e. The summed E-state index contributed by atoms with van der Waals surface area (Å²) in [6.45, 7) is 0. The second kappa shape index (κ2) is 4.68. The van der Waals surface area contributed by atoms with Gasteiger partial charge in [0.05, 0.1) is 36.6 Å². The van der Waals surface area contributed by atoms with Crippen LogP contribution in [0.3, 0.4) is 0 Å². The van der Waals surface area contributed by atoms with Gasteiger partial charge in [0.15, 0.2) is 0 Å². The second-order valence-corrected chi connectivity index (χ2v) is 6.11. The molecule has 3 heterocycles. The van der Waals surface area contributed by atoms with Crippen molar-refractivity contribution in [3.05, 3.63) is 36.4 Å². The Morgan fingerprint density at radius 1 is 0.913 bits per heavy atom. The molecule has 3 amide bonds. The van der Waals surface area contributed by atoms with E-state index in [0.717, 1.165) is 0 Å². The van der Waals surface area contributed by atoms with Crippen LogP contribution in [-0.2, 0) is 14.4 Å². The summed E-state index contributed by atoms with van der Waals surface area (Å²) >= 11 is 0. The van der Waals surface area contributed by atoms with Gasteiger partial charge in [-0.15, -0.1) is 0 Å². The number of methoxy groups -OCH3 is 1. The van der Waals surface area contributed by atoms with Crippen LogP contribution in [0, 0.1) is 17.8 Å². The average molecular weight is 312 g/mol. The van der Waals surface area contributed by atoms with Crippen molar-refractivity contribution in [1.29, 1.82) is 0 Å². The molecule has 2 saturated heterocycles. The molecule has 1 aliphatic carbocycles. The van der Waals surface area contributed by atoms with Gasteiger partial charge in [-0.2, -0.15) is 0 Å². The molecule has 6 nitrogen and oxygen atoms in total. The molecule has 4 aliphatic rings. The van der Waals surface area contributed by atoms with E-state index < -0.39 is 17.8 Å². The Kier molecular flexibility index (Phi) is 2.85. The van der Waals surface area contributed by atoms with Gasteiger partial charge >= 0.3 is 0 Å². The quantitative estimate of drug-likeness (QED) is 0.599. The van der Waals surface area contributed by atoms with E-state index in [-0.39, 0.29) is 23.8 Å². The lowest BCUT2D eigenvalue weighted by Crippen LogP contribution is -2.57. The number of fused-ring (bicyclic) bond motifs is 1. The van der Waals surface area contributed by atoms with E-state index in [1.165, 1.54) is 4.90 Å². The highest BCUT2D eigenvalue weighted by Crippen LogP contribution is 2.46. The number of piperidine rings is 1. The smallest absolute Gasteiger partial charge is 0.240 e. The normalized spacial score (nSPS) is 31.8. The molecule has 2 bridgehead atoms. The van der Waals surface area contributed by atoms with Gasteiger partial charge in [-0.3, -0.25) is 14.4 Å². The summed E-state index contributed by atoms with van der Waals surface area (Å²) in [6, 6.07) is 6.46. The summed E-state index contributed by atoms with van der Waals surface area (Å²) in [5.41, 5.74) is 0.518. The molecule has 1 aromatic rings. The lowest BCUT2D eigenvalue weighted by atomic mass is 9.70.